The van der Waals surface area contributed by atoms with E-state index >= 15 is 0 Å². The molecule has 0 aliphatic carbocycles. The number of azo groups is 1. The molecular weight excluding hydrogens is 392 g/mol. The van der Waals surface area contributed by atoms with Gasteiger partial charge in [0.2, 0.25) is 5.88 Å². The largest absolute Gasteiger partial charge is 0.493 e. The number of benzene rings is 2. The zero-order valence-electron chi connectivity index (χ0n) is 16.1. The number of aryl methyl sites for hydroxylation is 2. The molecule has 2 N–H and O–H groups in total. The minimum atomic E-state index is -0.645. The van der Waals surface area contributed by atoms with Crippen LogP contribution in [0.4, 0.5) is 5.69 Å². The molecule has 0 aliphatic heterocycles. The second-order valence-corrected chi connectivity index (χ2v) is 7.01. The zero-order chi connectivity index (χ0) is 21.0. The number of aromatic hydroxyl groups is 1. The van der Waals surface area contributed by atoms with E-state index in [0.29, 0.717) is 17.0 Å². The lowest BCUT2D eigenvalue weighted by atomic mass is 10.1. The Hall–Kier alpha value is -3.19. The predicted molar refractivity (Wildman–Crippen MR) is 112 cm³/mol. The highest BCUT2D eigenvalue weighted by atomic mass is 35.5. The van der Waals surface area contributed by atoms with Crippen molar-refractivity contribution in [2.75, 3.05) is 6.54 Å². The Kier molecular flexibility index (Phi) is 6.29. The quantitative estimate of drug-likeness (QED) is 0.571. The molecule has 0 saturated heterocycles. The number of carbonyl (C=O) groups excluding carboxylic acids is 2. The number of halogens is 1. The number of amides is 2. The lowest BCUT2D eigenvalue weighted by molar-refractivity contribution is -0.117. The van der Waals surface area contributed by atoms with E-state index in [-0.39, 0.29) is 23.7 Å². The van der Waals surface area contributed by atoms with Crippen LogP contribution in [0.5, 0.6) is 5.88 Å². The fourth-order valence-electron chi connectivity index (χ4n) is 3.02. The van der Waals surface area contributed by atoms with Gasteiger partial charge in [0.1, 0.15) is 6.54 Å². The van der Waals surface area contributed by atoms with Gasteiger partial charge in [-0.1, -0.05) is 42.3 Å². The first kappa shape index (κ1) is 20.5. The molecule has 2 amide bonds. The first-order chi connectivity index (χ1) is 13.9. The summed E-state index contributed by atoms with van der Waals surface area (Å²) in [5, 5.41) is 21.7. The van der Waals surface area contributed by atoms with Crippen molar-refractivity contribution in [3.8, 4) is 5.88 Å². The first-order valence-electron chi connectivity index (χ1n) is 9.21. The van der Waals surface area contributed by atoms with Gasteiger partial charge in [-0.05, 0) is 37.6 Å². The topological polar surface area (TPSA) is 96.0 Å². The van der Waals surface area contributed by atoms with Crippen LogP contribution in [0.1, 0.15) is 29.3 Å². The van der Waals surface area contributed by atoms with Crippen LogP contribution in [0.2, 0.25) is 5.02 Å². The van der Waals surface area contributed by atoms with Gasteiger partial charge < -0.3 is 15.0 Å². The van der Waals surface area contributed by atoms with Gasteiger partial charge in [-0.2, -0.15) is 0 Å². The van der Waals surface area contributed by atoms with Gasteiger partial charge in [-0.25, -0.2) is 0 Å². The fraction of sp³-hybridized carbons (Fsp3) is 0.238. The van der Waals surface area contributed by atoms with Crippen LogP contribution in [0.3, 0.4) is 0 Å². The molecule has 0 aliphatic rings. The van der Waals surface area contributed by atoms with Crippen LogP contribution in [0.25, 0.3) is 10.9 Å². The highest BCUT2D eigenvalue weighted by molar-refractivity contribution is 6.33. The number of hydrogen-bond acceptors (Lipinski definition) is 4. The molecule has 0 unspecified atom stereocenters. The number of rotatable bonds is 6. The summed E-state index contributed by atoms with van der Waals surface area (Å²) in [6, 6.07) is 12.3. The number of fused-ring (bicyclic) bond motifs is 1. The second kappa shape index (κ2) is 8.87. The molecule has 3 aromatic rings. The lowest BCUT2D eigenvalue weighted by Crippen LogP contribution is -2.28. The summed E-state index contributed by atoms with van der Waals surface area (Å²) in [7, 11) is 0. The van der Waals surface area contributed by atoms with E-state index in [9.17, 15) is 14.7 Å². The Balaban J connectivity index is 1.77. The molecule has 0 saturated carbocycles. The Morgan fingerprint density at radius 2 is 1.97 bits per heavy atom. The van der Waals surface area contributed by atoms with Crippen LogP contribution in [0.15, 0.2) is 52.7 Å². The van der Waals surface area contributed by atoms with Gasteiger partial charge in [-0.3, -0.25) is 9.59 Å². The minimum absolute atomic E-state index is 0.0379. The average molecular weight is 413 g/mol. The Labute approximate surface area is 173 Å². The van der Waals surface area contributed by atoms with Crippen molar-refractivity contribution >= 4 is 40.0 Å². The van der Waals surface area contributed by atoms with Gasteiger partial charge >= 0.3 is 0 Å². The van der Waals surface area contributed by atoms with Crippen molar-refractivity contribution in [3.63, 3.8) is 0 Å². The Morgan fingerprint density at radius 3 is 2.69 bits per heavy atom. The number of aromatic nitrogens is 1. The molecule has 1 aromatic heterocycles. The Morgan fingerprint density at radius 1 is 1.21 bits per heavy atom. The summed E-state index contributed by atoms with van der Waals surface area (Å²) >= 11 is 5.97. The fourth-order valence-corrected chi connectivity index (χ4v) is 3.24. The first-order valence-corrected chi connectivity index (χ1v) is 9.59. The van der Waals surface area contributed by atoms with Crippen molar-refractivity contribution in [2.45, 2.75) is 26.8 Å². The monoisotopic (exact) mass is 412 g/mol. The minimum Gasteiger partial charge on any atom is -0.493 e. The van der Waals surface area contributed by atoms with Crippen molar-refractivity contribution in [1.82, 2.24) is 9.88 Å². The summed E-state index contributed by atoms with van der Waals surface area (Å²) in [4.78, 5) is 24.2. The van der Waals surface area contributed by atoms with E-state index in [1.807, 2.05) is 32.0 Å². The molecule has 0 fully saturated rings. The molecular formula is C21H21ClN4O3. The summed E-state index contributed by atoms with van der Waals surface area (Å²) < 4.78 is 1.74. The molecule has 7 nitrogen and oxygen atoms in total. The molecule has 0 spiro atoms. The van der Waals surface area contributed by atoms with Crippen molar-refractivity contribution < 1.29 is 14.7 Å². The zero-order valence-corrected chi connectivity index (χ0v) is 16.9. The van der Waals surface area contributed by atoms with Gasteiger partial charge in [0.15, 0.2) is 5.69 Å². The maximum absolute atomic E-state index is 12.1. The normalized spacial score (nSPS) is 11.3. The molecule has 2 aromatic carbocycles. The second-order valence-electron chi connectivity index (χ2n) is 6.60. The summed E-state index contributed by atoms with van der Waals surface area (Å²) in [6.45, 7) is 4.22. The van der Waals surface area contributed by atoms with E-state index < -0.39 is 11.8 Å². The predicted octanol–water partition coefficient (Wildman–Crippen LogP) is 4.76. The van der Waals surface area contributed by atoms with Gasteiger partial charge in [0, 0.05) is 11.9 Å². The number of hydrogen-bond donors (Lipinski definition) is 2. The number of carbonyl (C=O) groups is 2. The smallest absolute Gasteiger partial charge is 0.283 e. The van der Waals surface area contributed by atoms with Crippen LogP contribution in [-0.4, -0.2) is 28.0 Å². The summed E-state index contributed by atoms with van der Waals surface area (Å²) in [5.74, 6) is -1.16. The number of nitrogens with one attached hydrogen (secondary N) is 1. The lowest BCUT2D eigenvalue weighted by Gasteiger charge is -2.04. The Bertz CT molecular complexity index is 1100. The van der Waals surface area contributed by atoms with Gasteiger partial charge in [-0.15, -0.1) is 10.2 Å². The van der Waals surface area contributed by atoms with Gasteiger partial charge in [0.25, 0.3) is 11.8 Å². The highest BCUT2D eigenvalue weighted by Gasteiger charge is 2.17. The third-order valence-corrected chi connectivity index (χ3v) is 4.72. The summed E-state index contributed by atoms with van der Waals surface area (Å²) in [5.41, 5.74) is 2.34. The third kappa shape index (κ3) is 4.46. The molecule has 150 valence electrons. The highest BCUT2D eigenvalue weighted by Crippen LogP contribution is 2.39. The van der Waals surface area contributed by atoms with Crippen LogP contribution >= 0.6 is 11.6 Å². The van der Waals surface area contributed by atoms with E-state index in [1.54, 1.807) is 28.8 Å². The molecule has 0 atom stereocenters. The van der Waals surface area contributed by atoms with Crippen molar-refractivity contribution in [3.05, 3.63) is 58.6 Å². The van der Waals surface area contributed by atoms with Crippen LogP contribution in [-0.2, 0) is 11.3 Å². The van der Waals surface area contributed by atoms with Crippen molar-refractivity contribution in [1.29, 1.82) is 0 Å². The molecule has 3 rings (SSSR count). The maximum Gasteiger partial charge on any atom is 0.283 e. The molecule has 1 heterocycles. The van der Waals surface area contributed by atoms with Crippen LogP contribution < -0.4 is 5.32 Å². The van der Waals surface area contributed by atoms with E-state index in [0.717, 1.165) is 17.5 Å². The molecule has 0 bridgehead atoms. The van der Waals surface area contributed by atoms with Gasteiger partial charge in [0.05, 0.1) is 16.1 Å². The number of nitrogens with zero attached hydrogens (tertiary/aromatic N) is 3. The van der Waals surface area contributed by atoms with Crippen LogP contribution in [0, 0.1) is 6.92 Å². The SMILES string of the molecule is CCCn1c(O)c(N=NC(=O)CNC(=O)c2ccccc2Cl)c2cc(C)ccc21. The maximum atomic E-state index is 12.1. The van der Waals surface area contributed by atoms with Crippen molar-refractivity contribution in [2.24, 2.45) is 10.2 Å². The molecule has 8 heteroatoms. The van der Waals surface area contributed by atoms with E-state index in [2.05, 4.69) is 15.5 Å². The van der Waals surface area contributed by atoms with E-state index in [1.165, 1.54) is 0 Å². The molecule has 29 heavy (non-hydrogen) atoms. The van der Waals surface area contributed by atoms with E-state index in [4.69, 9.17) is 11.6 Å². The standard InChI is InChI=1S/C21H21ClN4O3/c1-3-10-26-17-9-8-13(2)11-15(17)19(21(26)29)25-24-18(27)12-23-20(28)14-6-4-5-7-16(14)22/h4-9,11,29H,3,10,12H2,1-2H3,(H,23,28). The third-order valence-electron chi connectivity index (χ3n) is 4.39. The molecule has 0 radical (unpaired) electrons. The summed E-state index contributed by atoms with van der Waals surface area (Å²) in [6.07, 6.45) is 0.828. The average Bonchev–Trinajstić information content (AvgIpc) is 2.95.